The number of anilines is 1. The maximum atomic E-state index is 11.6. The molecule has 5 heteroatoms. The van der Waals surface area contributed by atoms with Crippen molar-refractivity contribution in [2.45, 2.75) is 6.42 Å². The maximum Gasteiger partial charge on any atom is 0.230 e. The minimum absolute atomic E-state index is 0.146. The minimum atomic E-state index is -0.200. The van der Waals surface area contributed by atoms with E-state index in [9.17, 15) is 4.79 Å². The number of carbonyl (C=O) groups is 1. The summed E-state index contributed by atoms with van der Waals surface area (Å²) in [4.78, 5) is 11.6. The Bertz CT molecular complexity index is 555. The van der Waals surface area contributed by atoms with E-state index in [1.165, 1.54) is 6.26 Å². The molecule has 0 aliphatic rings. The fraction of sp³-hybridized carbons (Fsp3) is 0.0833. The first kappa shape index (κ1) is 10.9. The molecule has 1 amide bonds. The highest BCUT2D eigenvalue weighted by Gasteiger charge is 2.06. The molecule has 0 aliphatic heterocycles. The minimum Gasteiger partial charge on any atom is -0.364 e. The molecule has 0 fully saturated rings. The van der Waals surface area contributed by atoms with Crippen LogP contribution in [-0.2, 0) is 11.2 Å². The topological polar surface area (TPSA) is 78.9 Å². The Labute approximate surface area is 97.7 Å². The maximum absolute atomic E-state index is 11.6. The zero-order valence-corrected chi connectivity index (χ0v) is 8.88. The molecule has 2 aromatic rings. The molecule has 2 rings (SSSR count). The van der Waals surface area contributed by atoms with Gasteiger partial charge in [-0.2, -0.15) is 5.26 Å². The number of hydrogen-bond donors (Lipinski definition) is 1. The molecule has 0 atom stereocenters. The lowest BCUT2D eigenvalue weighted by Crippen LogP contribution is -2.14. The summed E-state index contributed by atoms with van der Waals surface area (Å²) in [6.07, 6.45) is 1.56. The molecule has 1 N–H and O–H groups in total. The van der Waals surface area contributed by atoms with Gasteiger partial charge in [-0.3, -0.25) is 4.79 Å². The molecule has 5 nitrogen and oxygen atoms in total. The Morgan fingerprint density at radius 2 is 2.35 bits per heavy atom. The van der Waals surface area contributed by atoms with Gasteiger partial charge in [-0.25, -0.2) is 0 Å². The van der Waals surface area contributed by atoms with Crippen LogP contribution in [0, 0.1) is 11.3 Å². The van der Waals surface area contributed by atoms with Crippen molar-refractivity contribution in [1.29, 1.82) is 5.26 Å². The van der Waals surface area contributed by atoms with Crippen molar-refractivity contribution < 1.29 is 9.32 Å². The highest BCUT2D eigenvalue weighted by Crippen LogP contribution is 2.10. The lowest BCUT2D eigenvalue weighted by molar-refractivity contribution is -0.115. The predicted octanol–water partition coefficient (Wildman–Crippen LogP) is 1.73. The smallest absolute Gasteiger partial charge is 0.230 e. The number of benzene rings is 1. The van der Waals surface area contributed by atoms with Crippen molar-refractivity contribution >= 4 is 11.6 Å². The van der Waals surface area contributed by atoms with Crippen LogP contribution in [-0.4, -0.2) is 11.1 Å². The van der Waals surface area contributed by atoms with Gasteiger partial charge < -0.3 is 9.84 Å². The molecule has 0 bridgehead atoms. The number of nitrogens with one attached hydrogen (secondary N) is 1. The van der Waals surface area contributed by atoms with Crippen molar-refractivity contribution in [3.05, 3.63) is 47.9 Å². The number of hydrogen-bond acceptors (Lipinski definition) is 4. The molecule has 84 valence electrons. The predicted molar refractivity (Wildman–Crippen MR) is 60.0 cm³/mol. The van der Waals surface area contributed by atoms with Gasteiger partial charge in [0, 0.05) is 11.8 Å². The average Bonchev–Trinajstić information content (AvgIpc) is 2.82. The van der Waals surface area contributed by atoms with Crippen LogP contribution in [0.1, 0.15) is 11.3 Å². The van der Waals surface area contributed by atoms with Crippen molar-refractivity contribution in [3.63, 3.8) is 0 Å². The zero-order valence-electron chi connectivity index (χ0n) is 8.88. The molecular weight excluding hydrogens is 218 g/mol. The summed E-state index contributed by atoms with van der Waals surface area (Å²) in [5.41, 5.74) is 1.67. The standard InChI is InChI=1S/C12H9N3O2/c13-8-9-2-1-3-10(6-9)14-12(16)7-11-4-5-17-15-11/h1-6H,7H2,(H,14,16). The van der Waals surface area contributed by atoms with Crippen LogP contribution in [0.15, 0.2) is 41.1 Å². The highest BCUT2D eigenvalue weighted by molar-refractivity contribution is 5.92. The van der Waals surface area contributed by atoms with Crippen LogP contribution in [0.5, 0.6) is 0 Å². The summed E-state index contributed by atoms with van der Waals surface area (Å²) in [5, 5.41) is 15.0. The third-order valence-electron chi connectivity index (χ3n) is 2.11. The van der Waals surface area contributed by atoms with E-state index in [0.717, 1.165) is 0 Å². The van der Waals surface area contributed by atoms with Gasteiger partial charge >= 0.3 is 0 Å². The average molecular weight is 227 g/mol. The molecular formula is C12H9N3O2. The number of rotatable bonds is 3. The van der Waals surface area contributed by atoms with Crippen LogP contribution in [0.2, 0.25) is 0 Å². The number of carbonyl (C=O) groups excluding carboxylic acids is 1. The summed E-state index contributed by atoms with van der Waals surface area (Å²) in [7, 11) is 0. The molecule has 0 spiro atoms. The van der Waals surface area contributed by atoms with Gasteiger partial charge in [0.2, 0.25) is 5.91 Å². The summed E-state index contributed by atoms with van der Waals surface area (Å²) < 4.78 is 4.63. The first-order valence-corrected chi connectivity index (χ1v) is 4.97. The van der Waals surface area contributed by atoms with Gasteiger partial charge in [0.15, 0.2) is 0 Å². The van der Waals surface area contributed by atoms with Crippen LogP contribution in [0.4, 0.5) is 5.69 Å². The highest BCUT2D eigenvalue weighted by atomic mass is 16.5. The summed E-state index contributed by atoms with van der Waals surface area (Å²) in [6.45, 7) is 0. The second kappa shape index (κ2) is 4.94. The van der Waals surface area contributed by atoms with Crippen LogP contribution >= 0.6 is 0 Å². The summed E-state index contributed by atoms with van der Waals surface area (Å²) in [6, 6.07) is 10.4. The third kappa shape index (κ3) is 2.92. The number of nitrogens with zero attached hydrogens (tertiary/aromatic N) is 2. The molecule has 0 saturated heterocycles. The Balaban J connectivity index is 2.01. The first-order valence-electron chi connectivity index (χ1n) is 4.97. The van der Waals surface area contributed by atoms with E-state index in [4.69, 9.17) is 5.26 Å². The van der Waals surface area contributed by atoms with E-state index in [0.29, 0.717) is 16.9 Å². The van der Waals surface area contributed by atoms with Crippen LogP contribution in [0.25, 0.3) is 0 Å². The summed E-state index contributed by atoms with van der Waals surface area (Å²) >= 11 is 0. The van der Waals surface area contributed by atoms with Gasteiger partial charge in [-0.15, -0.1) is 0 Å². The molecule has 17 heavy (non-hydrogen) atoms. The first-order chi connectivity index (χ1) is 8.28. The van der Waals surface area contributed by atoms with Gasteiger partial charge in [0.25, 0.3) is 0 Å². The van der Waals surface area contributed by atoms with Gasteiger partial charge in [-0.05, 0) is 18.2 Å². The van der Waals surface area contributed by atoms with Crippen LogP contribution in [0.3, 0.4) is 0 Å². The van der Waals surface area contributed by atoms with E-state index >= 15 is 0 Å². The van der Waals surface area contributed by atoms with Gasteiger partial charge in [0.1, 0.15) is 6.26 Å². The normalized spacial score (nSPS) is 9.59. The fourth-order valence-electron chi connectivity index (χ4n) is 1.36. The second-order valence-corrected chi connectivity index (χ2v) is 3.41. The quantitative estimate of drug-likeness (QED) is 0.865. The third-order valence-corrected chi connectivity index (χ3v) is 2.11. The zero-order chi connectivity index (χ0) is 12.1. The lowest BCUT2D eigenvalue weighted by atomic mass is 10.2. The van der Waals surface area contributed by atoms with E-state index in [1.54, 1.807) is 30.3 Å². The molecule has 1 aromatic carbocycles. The van der Waals surface area contributed by atoms with E-state index in [1.807, 2.05) is 6.07 Å². The monoisotopic (exact) mass is 227 g/mol. The van der Waals surface area contributed by atoms with Gasteiger partial charge in [-0.1, -0.05) is 11.2 Å². The van der Waals surface area contributed by atoms with Crippen molar-refractivity contribution in [3.8, 4) is 6.07 Å². The lowest BCUT2D eigenvalue weighted by Gasteiger charge is -2.03. The fourth-order valence-corrected chi connectivity index (χ4v) is 1.36. The molecule has 0 aliphatic carbocycles. The number of aromatic nitrogens is 1. The Hall–Kier alpha value is -2.61. The summed E-state index contributed by atoms with van der Waals surface area (Å²) in [5.74, 6) is -0.200. The van der Waals surface area contributed by atoms with Crippen molar-refractivity contribution in [1.82, 2.24) is 5.16 Å². The Kier molecular flexibility index (Phi) is 3.17. The molecule has 1 heterocycles. The van der Waals surface area contributed by atoms with E-state index < -0.39 is 0 Å². The van der Waals surface area contributed by atoms with Crippen LogP contribution < -0.4 is 5.32 Å². The molecule has 0 unspecified atom stereocenters. The van der Waals surface area contributed by atoms with E-state index in [2.05, 4.69) is 15.0 Å². The Morgan fingerprint density at radius 1 is 1.47 bits per heavy atom. The molecule has 0 radical (unpaired) electrons. The SMILES string of the molecule is N#Cc1cccc(NC(=O)Cc2ccon2)c1. The second-order valence-electron chi connectivity index (χ2n) is 3.41. The van der Waals surface area contributed by atoms with E-state index in [-0.39, 0.29) is 12.3 Å². The largest absolute Gasteiger partial charge is 0.364 e. The number of nitriles is 1. The van der Waals surface area contributed by atoms with Crippen molar-refractivity contribution in [2.75, 3.05) is 5.32 Å². The number of amides is 1. The Morgan fingerprint density at radius 3 is 3.06 bits per heavy atom. The van der Waals surface area contributed by atoms with Gasteiger partial charge in [0.05, 0.1) is 23.7 Å². The molecule has 1 aromatic heterocycles. The van der Waals surface area contributed by atoms with Crippen molar-refractivity contribution in [2.24, 2.45) is 0 Å². The molecule has 0 saturated carbocycles.